The number of ether oxygens (including phenoxy) is 1. The number of piperidine rings is 1. The van der Waals surface area contributed by atoms with Crippen LogP contribution in [0.3, 0.4) is 0 Å². The predicted molar refractivity (Wildman–Crippen MR) is 75.2 cm³/mol. The Labute approximate surface area is 131 Å². The van der Waals surface area contributed by atoms with Crippen LogP contribution in [0.4, 0.5) is 13.6 Å². The van der Waals surface area contributed by atoms with Gasteiger partial charge in [-0.2, -0.15) is 5.10 Å². The average Bonchev–Trinajstić information content (AvgIpc) is 3.04. The molecule has 1 aromatic rings. The lowest BCUT2D eigenvalue weighted by Crippen LogP contribution is -2.48. The summed E-state index contributed by atoms with van der Waals surface area (Å²) in [6, 6.07) is 1.44. The van der Waals surface area contributed by atoms with Gasteiger partial charge in [-0.05, 0) is 6.07 Å². The van der Waals surface area contributed by atoms with Gasteiger partial charge in [-0.1, -0.05) is 0 Å². The van der Waals surface area contributed by atoms with Crippen LogP contribution in [0.5, 0.6) is 0 Å². The van der Waals surface area contributed by atoms with Crippen LogP contribution in [0, 0.1) is 0 Å². The smallest absolute Gasteiger partial charge is 0.410 e. The number of carbonyl (C=O) groups is 2. The third-order valence-electron chi connectivity index (χ3n) is 4.29. The first-order valence-electron chi connectivity index (χ1n) is 7.43. The largest absolute Gasteiger partial charge is 0.441 e. The molecule has 23 heavy (non-hydrogen) atoms. The molecule has 0 saturated carbocycles. The first-order valence-corrected chi connectivity index (χ1v) is 7.43. The number of rotatable bonds is 3. The minimum absolute atomic E-state index is 0.155. The Morgan fingerprint density at radius 3 is 2.70 bits per heavy atom. The van der Waals surface area contributed by atoms with E-state index in [4.69, 9.17) is 4.74 Å². The van der Waals surface area contributed by atoms with Gasteiger partial charge in [0.05, 0.1) is 6.54 Å². The summed E-state index contributed by atoms with van der Waals surface area (Å²) in [5.41, 5.74) is -0.361. The molecule has 0 aliphatic carbocycles. The monoisotopic (exact) mass is 328 g/mol. The standard InChI is InChI=1S/C14H18F2N4O3/c1-18-9-14(23-13(18)22)3-6-19(7-4-14)12(21)10-2-5-20(17-10)8-11(15)16/h2,5,11H,3-4,6-9H2,1H3. The van der Waals surface area contributed by atoms with Crippen LogP contribution in [0.2, 0.25) is 0 Å². The molecule has 2 saturated heterocycles. The maximum absolute atomic E-state index is 12.4. The molecule has 2 aliphatic rings. The van der Waals surface area contributed by atoms with E-state index in [-0.39, 0.29) is 17.7 Å². The molecule has 3 heterocycles. The van der Waals surface area contributed by atoms with E-state index in [2.05, 4.69) is 5.10 Å². The summed E-state index contributed by atoms with van der Waals surface area (Å²) in [4.78, 5) is 27.0. The molecule has 0 N–H and O–H groups in total. The van der Waals surface area contributed by atoms with E-state index < -0.39 is 18.6 Å². The molecule has 7 nitrogen and oxygen atoms in total. The zero-order chi connectivity index (χ0) is 16.6. The second-order valence-electron chi connectivity index (χ2n) is 6.01. The summed E-state index contributed by atoms with van der Waals surface area (Å²) in [5.74, 6) is -0.287. The second-order valence-corrected chi connectivity index (χ2v) is 6.01. The van der Waals surface area contributed by atoms with E-state index in [1.54, 1.807) is 11.9 Å². The zero-order valence-electron chi connectivity index (χ0n) is 12.7. The van der Waals surface area contributed by atoms with Crippen molar-refractivity contribution in [2.75, 3.05) is 26.7 Å². The molecule has 1 aromatic heterocycles. The Balaban J connectivity index is 1.60. The lowest BCUT2D eigenvalue weighted by molar-refractivity contribution is 0.00294. The van der Waals surface area contributed by atoms with E-state index in [1.165, 1.54) is 17.2 Å². The van der Waals surface area contributed by atoms with Gasteiger partial charge >= 0.3 is 6.09 Å². The van der Waals surface area contributed by atoms with Gasteiger partial charge in [0, 0.05) is 39.2 Å². The van der Waals surface area contributed by atoms with Crippen molar-refractivity contribution in [1.29, 1.82) is 0 Å². The average molecular weight is 328 g/mol. The van der Waals surface area contributed by atoms with Crippen LogP contribution < -0.4 is 0 Å². The molecule has 0 bridgehead atoms. The fourth-order valence-corrected chi connectivity index (χ4v) is 3.05. The van der Waals surface area contributed by atoms with Crippen molar-refractivity contribution in [3.8, 4) is 0 Å². The third kappa shape index (κ3) is 3.13. The number of halogens is 2. The van der Waals surface area contributed by atoms with Gasteiger partial charge in [-0.15, -0.1) is 0 Å². The minimum Gasteiger partial charge on any atom is -0.441 e. The first-order chi connectivity index (χ1) is 10.9. The summed E-state index contributed by atoms with van der Waals surface area (Å²) in [6.45, 7) is 0.888. The number of aromatic nitrogens is 2. The van der Waals surface area contributed by atoms with Gasteiger partial charge < -0.3 is 14.5 Å². The van der Waals surface area contributed by atoms with Gasteiger partial charge in [0.1, 0.15) is 17.8 Å². The summed E-state index contributed by atoms with van der Waals surface area (Å²) in [5, 5.41) is 3.89. The number of likely N-dealkylation sites (tertiary alicyclic amines) is 1. The van der Waals surface area contributed by atoms with Crippen LogP contribution in [-0.4, -0.2) is 70.3 Å². The van der Waals surface area contributed by atoms with Crippen molar-refractivity contribution in [2.24, 2.45) is 0 Å². The molecule has 2 amide bonds. The van der Waals surface area contributed by atoms with E-state index in [0.29, 0.717) is 32.5 Å². The van der Waals surface area contributed by atoms with Crippen LogP contribution >= 0.6 is 0 Å². The molecule has 3 rings (SSSR count). The topological polar surface area (TPSA) is 67.7 Å². The number of carbonyl (C=O) groups excluding carboxylic acids is 2. The highest BCUT2D eigenvalue weighted by molar-refractivity contribution is 5.92. The Morgan fingerprint density at radius 1 is 1.43 bits per heavy atom. The van der Waals surface area contributed by atoms with Gasteiger partial charge in [0.25, 0.3) is 12.3 Å². The van der Waals surface area contributed by atoms with Gasteiger partial charge in [0.15, 0.2) is 0 Å². The van der Waals surface area contributed by atoms with Crippen molar-refractivity contribution in [2.45, 2.75) is 31.4 Å². The summed E-state index contributed by atoms with van der Waals surface area (Å²) in [6.07, 6.45) is -0.352. The lowest BCUT2D eigenvalue weighted by atomic mass is 9.91. The maximum atomic E-state index is 12.4. The minimum atomic E-state index is -2.51. The molecule has 0 unspecified atom stereocenters. The Morgan fingerprint density at radius 2 is 2.13 bits per heavy atom. The number of amides is 2. The molecule has 126 valence electrons. The van der Waals surface area contributed by atoms with E-state index in [1.807, 2.05) is 0 Å². The predicted octanol–water partition coefficient (Wildman–Crippen LogP) is 1.21. The molecule has 1 spiro atoms. The van der Waals surface area contributed by atoms with E-state index >= 15 is 0 Å². The highest BCUT2D eigenvalue weighted by Gasteiger charge is 2.46. The molecule has 0 aromatic carbocycles. The number of likely N-dealkylation sites (N-methyl/N-ethyl adjacent to an activating group) is 1. The van der Waals surface area contributed by atoms with Crippen molar-refractivity contribution in [3.63, 3.8) is 0 Å². The van der Waals surface area contributed by atoms with Crippen LogP contribution in [0.1, 0.15) is 23.3 Å². The van der Waals surface area contributed by atoms with Gasteiger partial charge in [0.2, 0.25) is 0 Å². The lowest BCUT2D eigenvalue weighted by Gasteiger charge is -2.37. The first kappa shape index (κ1) is 15.7. The molecule has 9 heteroatoms. The highest BCUT2D eigenvalue weighted by Crippen LogP contribution is 2.32. The van der Waals surface area contributed by atoms with Crippen molar-refractivity contribution in [1.82, 2.24) is 19.6 Å². The molecular weight excluding hydrogens is 310 g/mol. The molecule has 0 radical (unpaired) electrons. The fraction of sp³-hybridized carbons (Fsp3) is 0.643. The second kappa shape index (κ2) is 5.78. The molecular formula is C14H18F2N4O3. The van der Waals surface area contributed by atoms with Crippen molar-refractivity contribution < 1.29 is 23.1 Å². The quantitative estimate of drug-likeness (QED) is 0.836. The third-order valence-corrected chi connectivity index (χ3v) is 4.29. The number of hydrogen-bond acceptors (Lipinski definition) is 4. The number of hydrogen-bond donors (Lipinski definition) is 0. The summed E-state index contributed by atoms with van der Waals surface area (Å²) >= 11 is 0. The number of alkyl halides is 2. The number of nitrogens with zero attached hydrogens (tertiary/aromatic N) is 4. The normalized spacial score (nSPS) is 20.4. The maximum Gasteiger partial charge on any atom is 0.410 e. The Kier molecular flexibility index (Phi) is 3.95. The van der Waals surface area contributed by atoms with Crippen molar-refractivity contribution in [3.05, 3.63) is 18.0 Å². The zero-order valence-corrected chi connectivity index (χ0v) is 12.7. The van der Waals surface area contributed by atoms with Crippen LogP contribution in [-0.2, 0) is 11.3 Å². The molecule has 2 fully saturated rings. The van der Waals surface area contributed by atoms with E-state index in [9.17, 15) is 18.4 Å². The molecule has 0 atom stereocenters. The van der Waals surface area contributed by atoms with E-state index in [0.717, 1.165) is 4.68 Å². The fourth-order valence-electron chi connectivity index (χ4n) is 3.05. The summed E-state index contributed by atoms with van der Waals surface area (Å²) < 4.78 is 31.1. The highest BCUT2D eigenvalue weighted by atomic mass is 19.3. The van der Waals surface area contributed by atoms with Gasteiger partial charge in [-0.3, -0.25) is 9.48 Å². The summed E-state index contributed by atoms with van der Waals surface area (Å²) in [7, 11) is 1.68. The van der Waals surface area contributed by atoms with Crippen LogP contribution in [0.25, 0.3) is 0 Å². The Hall–Kier alpha value is -2.19. The van der Waals surface area contributed by atoms with Crippen molar-refractivity contribution >= 4 is 12.0 Å². The Bertz CT molecular complexity index is 611. The SMILES string of the molecule is CN1CC2(CCN(C(=O)c3ccn(CC(F)F)n3)CC2)OC1=O. The van der Waals surface area contributed by atoms with Crippen LogP contribution in [0.15, 0.2) is 12.3 Å². The van der Waals surface area contributed by atoms with Gasteiger partial charge in [-0.25, -0.2) is 13.6 Å². The molecule has 2 aliphatic heterocycles.